The van der Waals surface area contributed by atoms with Crippen molar-refractivity contribution in [3.8, 4) is 0 Å². The Balaban J connectivity index is 2.81. The van der Waals surface area contributed by atoms with Gasteiger partial charge in [-0.3, -0.25) is 4.79 Å². The van der Waals surface area contributed by atoms with Gasteiger partial charge in [-0.05, 0) is 23.7 Å². The van der Waals surface area contributed by atoms with Crippen LogP contribution in [0, 0.1) is 0 Å². The van der Waals surface area contributed by atoms with Crippen LogP contribution in [0.15, 0.2) is 16.3 Å². The van der Waals surface area contributed by atoms with Crippen LogP contribution in [0.2, 0.25) is 4.34 Å². The standard InChI is InChI=1S/C6H5Cl2NO3S2/c7-4(10)3-9-14(11,12)6-2-1-5(8)13-6/h1-2,9H,3H2. The van der Waals surface area contributed by atoms with Crippen molar-refractivity contribution in [2.75, 3.05) is 6.54 Å². The average molecular weight is 274 g/mol. The van der Waals surface area contributed by atoms with E-state index in [0.29, 0.717) is 4.34 Å². The molecule has 4 nitrogen and oxygen atoms in total. The van der Waals surface area contributed by atoms with Gasteiger partial charge in [0.1, 0.15) is 4.21 Å². The van der Waals surface area contributed by atoms with Gasteiger partial charge in [0, 0.05) is 0 Å². The van der Waals surface area contributed by atoms with Gasteiger partial charge in [-0.15, -0.1) is 11.3 Å². The zero-order chi connectivity index (χ0) is 10.8. The highest BCUT2D eigenvalue weighted by molar-refractivity contribution is 7.91. The maximum atomic E-state index is 11.4. The van der Waals surface area contributed by atoms with E-state index >= 15 is 0 Å². The van der Waals surface area contributed by atoms with Crippen molar-refractivity contribution in [3.63, 3.8) is 0 Å². The van der Waals surface area contributed by atoms with Gasteiger partial charge < -0.3 is 0 Å². The molecule has 1 heterocycles. The fraction of sp³-hybridized carbons (Fsp3) is 0.167. The molecule has 0 saturated carbocycles. The molecule has 14 heavy (non-hydrogen) atoms. The maximum Gasteiger partial charge on any atom is 0.250 e. The van der Waals surface area contributed by atoms with Crippen molar-refractivity contribution in [2.45, 2.75) is 4.21 Å². The third-order valence-corrected chi connectivity index (χ3v) is 4.47. The topological polar surface area (TPSA) is 63.2 Å². The Morgan fingerprint density at radius 2 is 2.14 bits per heavy atom. The van der Waals surface area contributed by atoms with E-state index < -0.39 is 21.8 Å². The molecule has 1 aromatic heterocycles. The Morgan fingerprint density at radius 1 is 1.50 bits per heavy atom. The summed E-state index contributed by atoms with van der Waals surface area (Å²) in [5, 5.41) is -0.767. The Morgan fingerprint density at radius 3 is 2.57 bits per heavy atom. The lowest BCUT2D eigenvalue weighted by Crippen LogP contribution is -2.27. The zero-order valence-corrected chi connectivity index (χ0v) is 9.80. The fourth-order valence-electron chi connectivity index (χ4n) is 0.665. The normalized spacial score (nSPS) is 11.6. The predicted octanol–water partition coefficient (Wildman–Crippen LogP) is 1.45. The van der Waals surface area contributed by atoms with E-state index in [1.165, 1.54) is 12.1 Å². The van der Waals surface area contributed by atoms with E-state index in [1.807, 2.05) is 4.72 Å². The van der Waals surface area contributed by atoms with Crippen molar-refractivity contribution >= 4 is 49.8 Å². The quantitative estimate of drug-likeness (QED) is 0.845. The molecule has 1 rings (SSSR count). The molecule has 0 spiro atoms. The highest BCUT2D eigenvalue weighted by Gasteiger charge is 2.16. The van der Waals surface area contributed by atoms with Gasteiger partial charge in [0.05, 0.1) is 10.9 Å². The Bertz CT molecular complexity index is 440. The molecule has 0 atom stereocenters. The minimum absolute atomic E-state index is 0.0559. The third kappa shape index (κ3) is 3.21. The molecule has 1 N–H and O–H groups in total. The first-order chi connectivity index (χ1) is 6.42. The van der Waals surface area contributed by atoms with Crippen LogP contribution in [-0.4, -0.2) is 20.2 Å². The van der Waals surface area contributed by atoms with Crippen molar-refractivity contribution < 1.29 is 13.2 Å². The van der Waals surface area contributed by atoms with Crippen molar-refractivity contribution in [2.24, 2.45) is 0 Å². The first-order valence-corrected chi connectivity index (χ1v) is 6.41. The number of hydrogen-bond acceptors (Lipinski definition) is 4. The largest absolute Gasteiger partial charge is 0.280 e. The van der Waals surface area contributed by atoms with Crippen LogP contribution >= 0.6 is 34.5 Å². The molecule has 0 unspecified atom stereocenters. The molecule has 0 aliphatic rings. The fourth-order valence-corrected chi connectivity index (χ4v) is 3.32. The van der Waals surface area contributed by atoms with Crippen LogP contribution in [0.25, 0.3) is 0 Å². The number of rotatable bonds is 4. The molecule has 0 aliphatic heterocycles. The molecule has 78 valence electrons. The summed E-state index contributed by atoms with van der Waals surface area (Å²) in [7, 11) is -3.66. The van der Waals surface area contributed by atoms with Crippen LogP contribution in [0.1, 0.15) is 0 Å². The average Bonchev–Trinajstić information content (AvgIpc) is 2.49. The summed E-state index contributed by atoms with van der Waals surface area (Å²) >= 11 is 11.5. The zero-order valence-electron chi connectivity index (χ0n) is 6.66. The van der Waals surface area contributed by atoms with Gasteiger partial charge in [-0.25, -0.2) is 13.1 Å². The number of nitrogens with one attached hydrogen (secondary N) is 1. The minimum Gasteiger partial charge on any atom is -0.280 e. The lowest BCUT2D eigenvalue weighted by molar-refractivity contribution is -0.110. The number of thiophene rings is 1. The number of carbonyl (C=O) groups excluding carboxylic acids is 1. The van der Waals surface area contributed by atoms with E-state index in [-0.39, 0.29) is 4.21 Å². The van der Waals surface area contributed by atoms with E-state index in [1.54, 1.807) is 0 Å². The van der Waals surface area contributed by atoms with Crippen LogP contribution in [-0.2, 0) is 14.8 Å². The van der Waals surface area contributed by atoms with Gasteiger partial charge in [-0.2, -0.15) is 0 Å². The lowest BCUT2D eigenvalue weighted by Gasteiger charge is -1.99. The van der Waals surface area contributed by atoms with Gasteiger partial charge >= 0.3 is 0 Å². The first-order valence-electron chi connectivity index (χ1n) is 3.35. The molecule has 1 aromatic rings. The number of hydrogen-bond donors (Lipinski definition) is 1. The summed E-state index contributed by atoms with van der Waals surface area (Å²) in [6.07, 6.45) is 0. The second-order valence-corrected chi connectivity index (χ2v) is 6.37. The highest BCUT2D eigenvalue weighted by atomic mass is 35.5. The van der Waals surface area contributed by atoms with Gasteiger partial charge in [0.2, 0.25) is 5.24 Å². The number of carbonyl (C=O) groups is 1. The lowest BCUT2D eigenvalue weighted by atomic mass is 10.7. The van der Waals surface area contributed by atoms with Crippen LogP contribution in [0.3, 0.4) is 0 Å². The molecule has 0 amide bonds. The summed E-state index contributed by atoms with van der Waals surface area (Å²) in [4.78, 5) is 10.3. The number of sulfonamides is 1. The summed E-state index contributed by atoms with van der Waals surface area (Å²) < 4.78 is 25.2. The smallest absolute Gasteiger partial charge is 0.250 e. The van der Waals surface area contributed by atoms with Crippen molar-refractivity contribution in [1.29, 1.82) is 0 Å². The van der Waals surface area contributed by atoms with Crippen LogP contribution in [0.4, 0.5) is 0 Å². The van der Waals surface area contributed by atoms with Crippen LogP contribution < -0.4 is 4.72 Å². The van der Waals surface area contributed by atoms with Crippen molar-refractivity contribution in [3.05, 3.63) is 16.5 Å². The van der Waals surface area contributed by atoms with Gasteiger partial charge in [0.15, 0.2) is 0 Å². The second kappa shape index (κ2) is 4.59. The maximum absolute atomic E-state index is 11.4. The van der Waals surface area contributed by atoms with E-state index in [4.69, 9.17) is 23.2 Å². The third-order valence-electron chi connectivity index (χ3n) is 1.21. The SMILES string of the molecule is O=C(Cl)CNS(=O)(=O)c1ccc(Cl)s1. The Hall–Kier alpha value is -0.140. The van der Waals surface area contributed by atoms with E-state index in [0.717, 1.165) is 11.3 Å². The Labute approximate surface area is 94.9 Å². The summed E-state index contributed by atoms with van der Waals surface area (Å²) in [6.45, 7) is -0.431. The van der Waals surface area contributed by atoms with E-state index in [2.05, 4.69) is 0 Å². The molecule has 8 heteroatoms. The van der Waals surface area contributed by atoms with Gasteiger partial charge in [-0.1, -0.05) is 11.6 Å². The summed E-state index contributed by atoms with van der Waals surface area (Å²) in [5.41, 5.74) is 0. The van der Waals surface area contributed by atoms with Gasteiger partial charge in [0.25, 0.3) is 10.0 Å². The molecular formula is C6H5Cl2NO3S2. The van der Waals surface area contributed by atoms with E-state index in [9.17, 15) is 13.2 Å². The first kappa shape index (κ1) is 11.9. The highest BCUT2D eigenvalue weighted by Crippen LogP contribution is 2.25. The summed E-state index contributed by atoms with van der Waals surface area (Å²) in [5.74, 6) is 0. The molecule has 0 saturated heterocycles. The summed E-state index contributed by atoms with van der Waals surface area (Å²) in [6, 6.07) is 2.82. The molecule has 0 fully saturated rings. The van der Waals surface area contributed by atoms with Crippen molar-refractivity contribution in [1.82, 2.24) is 4.72 Å². The molecule has 0 radical (unpaired) electrons. The second-order valence-electron chi connectivity index (χ2n) is 2.24. The Kier molecular flexibility index (Phi) is 3.91. The predicted molar refractivity (Wildman–Crippen MR) is 55.4 cm³/mol. The molecule has 0 aromatic carbocycles. The molecule has 0 bridgehead atoms. The minimum atomic E-state index is -3.66. The monoisotopic (exact) mass is 273 g/mol. The molecular weight excluding hydrogens is 269 g/mol. The van der Waals surface area contributed by atoms with Crippen LogP contribution in [0.5, 0.6) is 0 Å². The molecule has 0 aliphatic carbocycles. The number of halogens is 2.